The van der Waals surface area contributed by atoms with Crippen LogP contribution in [-0.4, -0.2) is 17.7 Å². The molecular weight excluding hydrogens is 292 g/mol. The molecule has 5 nitrogen and oxygen atoms in total. The van der Waals surface area contributed by atoms with Gasteiger partial charge in [0.25, 0.3) is 5.91 Å². The number of fused-ring (bicyclic) bond motifs is 1. The Hall–Kier alpha value is -2.27. The zero-order valence-corrected chi connectivity index (χ0v) is 12.1. The molecule has 1 aromatic heterocycles. The second kappa shape index (κ2) is 5.61. The third-order valence-electron chi connectivity index (χ3n) is 3.23. The maximum absolute atomic E-state index is 12.2. The molecule has 1 unspecified atom stereocenters. The molecule has 21 heavy (non-hydrogen) atoms. The van der Waals surface area contributed by atoms with E-state index in [4.69, 9.17) is 21.1 Å². The molecule has 108 valence electrons. The van der Waals surface area contributed by atoms with E-state index in [9.17, 15) is 4.79 Å². The van der Waals surface area contributed by atoms with Gasteiger partial charge < -0.3 is 14.8 Å². The van der Waals surface area contributed by atoms with Gasteiger partial charge in [-0.3, -0.25) is 4.79 Å². The van der Waals surface area contributed by atoms with Crippen molar-refractivity contribution in [3.05, 3.63) is 52.8 Å². The molecule has 1 aliphatic heterocycles. The number of nitrogens with one attached hydrogen (secondary N) is 1. The van der Waals surface area contributed by atoms with Crippen molar-refractivity contribution in [3.8, 4) is 11.5 Å². The molecule has 2 aromatic rings. The number of carbonyl (C=O) groups is 1. The second-order valence-corrected chi connectivity index (χ2v) is 5.06. The minimum atomic E-state index is -0.204. The monoisotopic (exact) mass is 304 g/mol. The van der Waals surface area contributed by atoms with Crippen LogP contribution in [0.5, 0.6) is 11.5 Å². The Morgan fingerprint density at radius 1 is 1.29 bits per heavy atom. The van der Waals surface area contributed by atoms with E-state index in [-0.39, 0.29) is 18.7 Å². The fourth-order valence-corrected chi connectivity index (χ4v) is 2.26. The highest BCUT2D eigenvalue weighted by Crippen LogP contribution is 2.34. The van der Waals surface area contributed by atoms with Crippen LogP contribution in [0, 0.1) is 0 Å². The lowest BCUT2D eigenvalue weighted by atomic mass is 10.1. The lowest BCUT2D eigenvalue weighted by Gasteiger charge is -2.15. The first-order chi connectivity index (χ1) is 10.1. The summed E-state index contributed by atoms with van der Waals surface area (Å²) in [5.74, 6) is 1.21. The topological polar surface area (TPSA) is 60.5 Å². The lowest BCUT2D eigenvalue weighted by Crippen LogP contribution is -2.26. The van der Waals surface area contributed by atoms with Crippen molar-refractivity contribution in [1.82, 2.24) is 10.3 Å². The summed E-state index contributed by atoms with van der Waals surface area (Å²) in [7, 11) is 0. The SMILES string of the molecule is CC(NC(=O)c1ccnc(Cl)c1)c1ccc2c(c1)OCO2. The third-order valence-corrected chi connectivity index (χ3v) is 3.44. The van der Waals surface area contributed by atoms with Crippen LogP contribution < -0.4 is 14.8 Å². The highest BCUT2D eigenvalue weighted by atomic mass is 35.5. The summed E-state index contributed by atoms with van der Waals surface area (Å²) in [5, 5.41) is 3.20. The summed E-state index contributed by atoms with van der Waals surface area (Å²) < 4.78 is 10.6. The number of amides is 1. The van der Waals surface area contributed by atoms with Gasteiger partial charge in [0, 0.05) is 11.8 Å². The van der Waals surface area contributed by atoms with Crippen LogP contribution in [0.3, 0.4) is 0 Å². The van der Waals surface area contributed by atoms with Crippen molar-refractivity contribution in [2.45, 2.75) is 13.0 Å². The average Bonchev–Trinajstić information content (AvgIpc) is 2.94. The molecule has 2 heterocycles. The number of pyridine rings is 1. The molecule has 1 aromatic carbocycles. The molecule has 1 amide bonds. The van der Waals surface area contributed by atoms with E-state index in [1.165, 1.54) is 12.3 Å². The molecule has 0 spiro atoms. The van der Waals surface area contributed by atoms with Gasteiger partial charge in [0.15, 0.2) is 11.5 Å². The standard InChI is InChI=1S/C15H13ClN2O3/c1-9(10-2-3-12-13(6-10)21-8-20-12)18-15(19)11-4-5-17-14(16)7-11/h2-7,9H,8H2,1H3,(H,18,19). The minimum absolute atomic E-state index is 0.168. The Kier molecular flexibility index (Phi) is 3.66. The summed E-state index contributed by atoms with van der Waals surface area (Å²) >= 11 is 5.78. The van der Waals surface area contributed by atoms with Crippen molar-refractivity contribution in [3.63, 3.8) is 0 Å². The molecular formula is C15H13ClN2O3. The number of rotatable bonds is 3. The first-order valence-corrected chi connectivity index (χ1v) is 6.83. The van der Waals surface area contributed by atoms with Gasteiger partial charge in [0.1, 0.15) is 5.15 Å². The molecule has 0 radical (unpaired) electrons. The van der Waals surface area contributed by atoms with Crippen molar-refractivity contribution in [2.75, 3.05) is 6.79 Å². The Morgan fingerprint density at radius 2 is 2.10 bits per heavy atom. The van der Waals surface area contributed by atoms with Gasteiger partial charge in [0.2, 0.25) is 6.79 Å². The molecule has 1 atom stereocenters. The number of nitrogens with zero attached hydrogens (tertiary/aromatic N) is 1. The summed E-state index contributed by atoms with van der Waals surface area (Å²) in [4.78, 5) is 16.0. The number of hydrogen-bond acceptors (Lipinski definition) is 4. The minimum Gasteiger partial charge on any atom is -0.454 e. The number of carbonyl (C=O) groups excluding carboxylic acids is 1. The van der Waals surface area contributed by atoms with Gasteiger partial charge >= 0.3 is 0 Å². The van der Waals surface area contributed by atoms with Gasteiger partial charge in [0.05, 0.1) is 6.04 Å². The van der Waals surface area contributed by atoms with Gasteiger partial charge in [-0.15, -0.1) is 0 Å². The van der Waals surface area contributed by atoms with Crippen LogP contribution >= 0.6 is 11.6 Å². The van der Waals surface area contributed by atoms with E-state index < -0.39 is 0 Å². The normalized spacial score (nSPS) is 13.8. The van der Waals surface area contributed by atoms with Crippen LogP contribution in [0.25, 0.3) is 0 Å². The molecule has 1 aliphatic rings. The summed E-state index contributed by atoms with van der Waals surface area (Å²) in [6.45, 7) is 2.13. The third kappa shape index (κ3) is 2.92. The highest BCUT2D eigenvalue weighted by molar-refractivity contribution is 6.29. The van der Waals surface area contributed by atoms with Crippen LogP contribution in [0.1, 0.15) is 28.9 Å². The first-order valence-electron chi connectivity index (χ1n) is 6.45. The molecule has 3 rings (SSSR count). The highest BCUT2D eigenvalue weighted by Gasteiger charge is 2.17. The molecule has 0 bridgehead atoms. The number of ether oxygens (including phenoxy) is 2. The van der Waals surface area contributed by atoms with E-state index in [1.54, 1.807) is 6.07 Å². The van der Waals surface area contributed by atoms with Gasteiger partial charge in [-0.05, 0) is 36.8 Å². The van der Waals surface area contributed by atoms with E-state index in [2.05, 4.69) is 10.3 Å². The zero-order chi connectivity index (χ0) is 14.8. The van der Waals surface area contributed by atoms with Crippen LogP contribution in [0.2, 0.25) is 5.15 Å². The fraction of sp³-hybridized carbons (Fsp3) is 0.200. The van der Waals surface area contributed by atoms with Gasteiger partial charge in [-0.2, -0.15) is 0 Å². The van der Waals surface area contributed by atoms with Crippen LogP contribution in [-0.2, 0) is 0 Å². The van der Waals surface area contributed by atoms with E-state index in [0.29, 0.717) is 16.5 Å². The fourth-order valence-electron chi connectivity index (χ4n) is 2.09. The second-order valence-electron chi connectivity index (χ2n) is 4.68. The molecule has 0 saturated heterocycles. The van der Waals surface area contributed by atoms with Crippen molar-refractivity contribution in [1.29, 1.82) is 0 Å². The lowest BCUT2D eigenvalue weighted by molar-refractivity contribution is 0.0939. The first kappa shape index (κ1) is 13.7. The molecule has 0 aliphatic carbocycles. The average molecular weight is 305 g/mol. The smallest absolute Gasteiger partial charge is 0.251 e. The predicted molar refractivity (Wildman–Crippen MR) is 77.7 cm³/mol. The van der Waals surface area contributed by atoms with E-state index in [0.717, 1.165) is 11.3 Å². The van der Waals surface area contributed by atoms with E-state index >= 15 is 0 Å². The van der Waals surface area contributed by atoms with Gasteiger partial charge in [-0.25, -0.2) is 4.98 Å². The number of aromatic nitrogens is 1. The molecule has 0 fully saturated rings. The molecule has 6 heteroatoms. The largest absolute Gasteiger partial charge is 0.454 e. The maximum atomic E-state index is 12.2. The Balaban J connectivity index is 1.74. The van der Waals surface area contributed by atoms with Crippen LogP contribution in [0.15, 0.2) is 36.5 Å². The van der Waals surface area contributed by atoms with Gasteiger partial charge in [-0.1, -0.05) is 17.7 Å². The Bertz CT molecular complexity index is 690. The summed E-state index contributed by atoms with van der Waals surface area (Å²) in [6.07, 6.45) is 1.50. The molecule has 0 saturated carbocycles. The molecule has 1 N–H and O–H groups in total. The number of hydrogen-bond donors (Lipinski definition) is 1. The quantitative estimate of drug-likeness (QED) is 0.886. The van der Waals surface area contributed by atoms with Crippen molar-refractivity contribution < 1.29 is 14.3 Å². The number of halogens is 1. The van der Waals surface area contributed by atoms with Crippen molar-refractivity contribution in [2.24, 2.45) is 0 Å². The summed E-state index contributed by atoms with van der Waals surface area (Å²) in [5.41, 5.74) is 1.41. The zero-order valence-electron chi connectivity index (χ0n) is 11.3. The maximum Gasteiger partial charge on any atom is 0.251 e. The predicted octanol–water partition coefficient (Wildman–Crippen LogP) is 2.95. The number of benzene rings is 1. The Labute approximate surface area is 126 Å². The summed E-state index contributed by atoms with van der Waals surface area (Å²) in [6, 6.07) is 8.59. The van der Waals surface area contributed by atoms with E-state index in [1.807, 2.05) is 25.1 Å². The van der Waals surface area contributed by atoms with Crippen molar-refractivity contribution >= 4 is 17.5 Å². The van der Waals surface area contributed by atoms with Crippen LogP contribution in [0.4, 0.5) is 0 Å². The Morgan fingerprint density at radius 3 is 2.90 bits per heavy atom.